The molecule has 0 amide bonds. The molecule has 21 heavy (non-hydrogen) atoms. The van der Waals surface area contributed by atoms with Gasteiger partial charge in [0.15, 0.2) is 0 Å². The van der Waals surface area contributed by atoms with Crippen LogP contribution in [-0.4, -0.2) is 19.8 Å². The lowest BCUT2D eigenvalue weighted by molar-refractivity contribution is 0.248. The Labute approximate surface area is 133 Å². The highest BCUT2D eigenvalue weighted by atomic mass is 79.9. The minimum Gasteiger partial charge on any atom is -0.493 e. The van der Waals surface area contributed by atoms with Crippen molar-refractivity contribution in [3.63, 3.8) is 0 Å². The first kappa shape index (κ1) is 14.4. The van der Waals surface area contributed by atoms with E-state index in [4.69, 9.17) is 15.2 Å². The topological polar surface area (TPSA) is 44.5 Å². The van der Waals surface area contributed by atoms with Crippen molar-refractivity contribution < 1.29 is 9.47 Å². The zero-order valence-electron chi connectivity index (χ0n) is 11.7. The summed E-state index contributed by atoms with van der Waals surface area (Å²) in [5.74, 6) is 2.15. The number of hydrogen-bond acceptors (Lipinski definition) is 3. The maximum absolute atomic E-state index is 5.95. The molecule has 1 aliphatic rings. The van der Waals surface area contributed by atoms with Crippen LogP contribution >= 0.6 is 15.9 Å². The molecular weight excluding hydrogens is 330 g/mol. The number of hydrogen-bond donors (Lipinski definition) is 1. The van der Waals surface area contributed by atoms with E-state index in [1.165, 1.54) is 11.1 Å². The Morgan fingerprint density at radius 1 is 1.24 bits per heavy atom. The Morgan fingerprint density at radius 3 is 2.95 bits per heavy atom. The second kappa shape index (κ2) is 6.50. The monoisotopic (exact) mass is 347 g/mol. The molecule has 0 spiro atoms. The van der Waals surface area contributed by atoms with Crippen molar-refractivity contribution in [1.29, 1.82) is 0 Å². The molecule has 1 unspecified atom stereocenters. The molecule has 0 saturated heterocycles. The molecule has 0 saturated carbocycles. The minimum atomic E-state index is 0.294. The van der Waals surface area contributed by atoms with Gasteiger partial charge in [0.1, 0.15) is 11.5 Å². The van der Waals surface area contributed by atoms with Gasteiger partial charge in [0.2, 0.25) is 0 Å². The SMILES string of the molecule is NCCc1cc(OCC2COc3ccccc32)ccc1Br. The third-order valence-electron chi connectivity index (χ3n) is 3.68. The van der Waals surface area contributed by atoms with Crippen LogP contribution in [0.15, 0.2) is 46.9 Å². The summed E-state index contributed by atoms with van der Waals surface area (Å²) >= 11 is 3.54. The van der Waals surface area contributed by atoms with E-state index in [0.29, 0.717) is 25.7 Å². The van der Waals surface area contributed by atoms with E-state index >= 15 is 0 Å². The smallest absolute Gasteiger partial charge is 0.123 e. The van der Waals surface area contributed by atoms with Gasteiger partial charge >= 0.3 is 0 Å². The molecule has 2 aromatic carbocycles. The fourth-order valence-electron chi connectivity index (χ4n) is 2.55. The number of fused-ring (bicyclic) bond motifs is 1. The Balaban J connectivity index is 1.67. The zero-order chi connectivity index (χ0) is 14.7. The fraction of sp³-hybridized carbons (Fsp3) is 0.294. The molecular formula is C17H18BrNO2. The molecule has 3 rings (SSSR count). The van der Waals surface area contributed by atoms with E-state index in [0.717, 1.165) is 22.4 Å². The summed E-state index contributed by atoms with van der Waals surface area (Å²) in [7, 11) is 0. The van der Waals surface area contributed by atoms with Crippen LogP contribution < -0.4 is 15.2 Å². The number of ether oxygens (including phenoxy) is 2. The molecule has 0 aromatic heterocycles. The number of para-hydroxylation sites is 1. The maximum atomic E-state index is 5.95. The lowest BCUT2D eigenvalue weighted by atomic mass is 10.0. The maximum Gasteiger partial charge on any atom is 0.123 e. The second-order valence-electron chi connectivity index (χ2n) is 5.15. The number of benzene rings is 2. The highest BCUT2D eigenvalue weighted by Crippen LogP contribution is 2.34. The Bertz CT molecular complexity index is 630. The summed E-state index contributed by atoms with van der Waals surface area (Å²) in [5, 5.41) is 0. The van der Waals surface area contributed by atoms with E-state index in [9.17, 15) is 0 Å². The van der Waals surface area contributed by atoms with Crippen molar-refractivity contribution in [2.45, 2.75) is 12.3 Å². The van der Waals surface area contributed by atoms with Crippen LogP contribution in [0.1, 0.15) is 17.0 Å². The molecule has 1 aliphatic heterocycles. The summed E-state index contributed by atoms with van der Waals surface area (Å²) in [6.45, 7) is 1.94. The van der Waals surface area contributed by atoms with Gasteiger partial charge in [-0.15, -0.1) is 0 Å². The first-order valence-corrected chi connectivity index (χ1v) is 7.90. The summed E-state index contributed by atoms with van der Waals surface area (Å²) in [6.07, 6.45) is 0.840. The lowest BCUT2D eigenvalue weighted by Gasteiger charge is -2.13. The van der Waals surface area contributed by atoms with Crippen molar-refractivity contribution in [3.8, 4) is 11.5 Å². The molecule has 3 nitrogen and oxygen atoms in total. The largest absolute Gasteiger partial charge is 0.493 e. The number of halogens is 1. The van der Waals surface area contributed by atoms with Crippen molar-refractivity contribution in [3.05, 3.63) is 58.1 Å². The van der Waals surface area contributed by atoms with E-state index in [1.54, 1.807) is 0 Å². The van der Waals surface area contributed by atoms with Crippen LogP contribution in [0.25, 0.3) is 0 Å². The van der Waals surface area contributed by atoms with Crippen LogP contribution in [0.2, 0.25) is 0 Å². The number of nitrogens with two attached hydrogens (primary N) is 1. The first-order chi connectivity index (χ1) is 10.3. The molecule has 4 heteroatoms. The zero-order valence-corrected chi connectivity index (χ0v) is 13.3. The van der Waals surface area contributed by atoms with Gasteiger partial charge in [-0.3, -0.25) is 0 Å². The van der Waals surface area contributed by atoms with Gasteiger partial charge in [-0.2, -0.15) is 0 Å². The average Bonchev–Trinajstić information content (AvgIpc) is 2.92. The Hall–Kier alpha value is -1.52. The molecule has 0 bridgehead atoms. The predicted molar refractivity (Wildman–Crippen MR) is 87.1 cm³/mol. The molecule has 0 radical (unpaired) electrons. The minimum absolute atomic E-state index is 0.294. The third-order valence-corrected chi connectivity index (χ3v) is 4.45. The quantitative estimate of drug-likeness (QED) is 0.899. The Morgan fingerprint density at radius 2 is 2.10 bits per heavy atom. The van der Waals surface area contributed by atoms with Gasteiger partial charge < -0.3 is 15.2 Å². The highest BCUT2D eigenvalue weighted by molar-refractivity contribution is 9.10. The molecule has 1 heterocycles. The number of rotatable bonds is 5. The lowest BCUT2D eigenvalue weighted by Crippen LogP contribution is -2.12. The van der Waals surface area contributed by atoms with Gasteiger partial charge in [0.05, 0.1) is 19.1 Å². The normalized spacial score (nSPS) is 16.4. The summed E-state index contributed by atoms with van der Waals surface area (Å²) < 4.78 is 12.7. The highest BCUT2D eigenvalue weighted by Gasteiger charge is 2.24. The molecule has 110 valence electrons. The van der Waals surface area contributed by atoms with Crippen molar-refractivity contribution in [2.24, 2.45) is 5.73 Å². The summed E-state index contributed by atoms with van der Waals surface area (Å²) in [6, 6.07) is 14.2. The third kappa shape index (κ3) is 3.22. The van der Waals surface area contributed by atoms with Crippen molar-refractivity contribution >= 4 is 15.9 Å². The van der Waals surface area contributed by atoms with E-state index in [1.807, 2.05) is 30.3 Å². The molecule has 1 atom stereocenters. The standard InChI is InChI=1S/C17H18BrNO2/c18-16-6-5-14(9-12(16)7-8-19)20-10-13-11-21-17-4-2-1-3-15(13)17/h1-6,9,13H,7-8,10-11,19H2. The van der Waals surface area contributed by atoms with Crippen LogP contribution in [0.3, 0.4) is 0 Å². The second-order valence-corrected chi connectivity index (χ2v) is 6.00. The van der Waals surface area contributed by atoms with Crippen molar-refractivity contribution in [2.75, 3.05) is 19.8 Å². The van der Waals surface area contributed by atoms with Gasteiger partial charge in [-0.1, -0.05) is 34.1 Å². The van der Waals surface area contributed by atoms with Gasteiger partial charge in [-0.05, 0) is 42.8 Å². The summed E-state index contributed by atoms with van der Waals surface area (Å²) in [4.78, 5) is 0. The summed E-state index contributed by atoms with van der Waals surface area (Å²) in [5.41, 5.74) is 8.04. The fourth-order valence-corrected chi connectivity index (χ4v) is 3.00. The van der Waals surface area contributed by atoms with Crippen LogP contribution in [-0.2, 0) is 6.42 Å². The molecule has 2 N–H and O–H groups in total. The van der Waals surface area contributed by atoms with Gasteiger partial charge in [0.25, 0.3) is 0 Å². The van der Waals surface area contributed by atoms with E-state index in [2.05, 4.69) is 28.1 Å². The van der Waals surface area contributed by atoms with E-state index in [-0.39, 0.29) is 0 Å². The van der Waals surface area contributed by atoms with Crippen LogP contribution in [0, 0.1) is 0 Å². The van der Waals surface area contributed by atoms with Gasteiger partial charge in [-0.25, -0.2) is 0 Å². The predicted octanol–water partition coefficient (Wildman–Crippen LogP) is 3.51. The Kier molecular flexibility index (Phi) is 4.46. The van der Waals surface area contributed by atoms with Gasteiger partial charge in [0, 0.05) is 10.0 Å². The molecule has 0 aliphatic carbocycles. The van der Waals surface area contributed by atoms with Crippen LogP contribution in [0.5, 0.6) is 11.5 Å². The van der Waals surface area contributed by atoms with Crippen LogP contribution in [0.4, 0.5) is 0 Å². The molecule has 2 aromatic rings. The molecule has 0 fully saturated rings. The first-order valence-electron chi connectivity index (χ1n) is 7.11. The average molecular weight is 348 g/mol. The van der Waals surface area contributed by atoms with Crippen molar-refractivity contribution in [1.82, 2.24) is 0 Å². The van der Waals surface area contributed by atoms with E-state index < -0.39 is 0 Å².